The molecule has 3 N–H and O–H groups in total. The summed E-state index contributed by atoms with van der Waals surface area (Å²) in [5.41, 5.74) is 7.24. The average Bonchev–Trinajstić information content (AvgIpc) is 2.77. The fourth-order valence-electron chi connectivity index (χ4n) is 1.76. The molecule has 1 amide bonds. The first-order valence-corrected chi connectivity index (χ1v) is 6.46. The number of hydrogen-bond acceptors (Lipinski definition) is 5. The molecule has 6 nitrogen and oxygen atoms in total. The van der Waals surface area contributed by atoms with Crippen molar-refractivity contribution in [1.29, 1.82) is 0 Å². The lowest BCUT2D eigenvalue weighted by molar-refractivity contribution is -0.118. The van der Waals surface area contributed by atoms with E-state index < -0.39 is 0 Å². The van der Waals surface area contributed by atoms with E-state index in [2.05, 4.69) is 10.3 Å². The Balaban J connectivity index is 1.96. The largest absolute Gasteiger partial charge is 0.482 e. The zero-order chi connectivity index (χ0) is 13.4. The van der Waals surface area contributed by atoms with Gasteiger partial charge >= 0.3 is 0 Å². The van der Waals surface area contributed by atoms with E-state index in [0.717, 1.165) is 10.1 Å². The van der Waals surface area contributed by atoms with E-state index in [1.807, 2.05) is 17.8 Å². The maximum Gasteiger partial charge on any atom is 0.262 e. The van der Waals surface area contributed by atoms with Gasteiger partial charge in [-0.1, -0.05) is 0 Å². The number of hydrogen-bond donors (Lipinski definition) is 2. The first-order chi connectivity index (χ1) is 9.13. The summed E-state index contributed by atoms with van der Waals surface area (Å²) < 4.78 is 7.21. The Labute approximate surface area is 114 Å². The summed E-state index contributed by atoms with van der Waals surface area (Å²) in [6.07, 6.45) is 3.59. The SMILES string of the molecule is Cn1ccnc1Sc1cc2c(cc1N)OCC(=O)N2. The van der Waals surface area contributed by atoms with Crippen molar-refractivity contribution in [2.45, 2.75) is 10.1 Å². The monoisotopic (exact) mass is 276 g/mol. The summed E-state index contributed by atoms with van der Waals surface area (Å²) in [5.74, 6) is 0.437. The average molecular weight is 276 g/mol. The van der Waals surface area contributed by atoms with E-state index in [1.165, 1.54) is 11.8 Å². The number of fused-ring (bicyclic) bond motifs is 1. The van der Waals surface area contributed by atoms with Gasteiger partial charge in [-0.3, -0.25) is 4.79 Å². The van der Waals surface area contributed by atoms with Crippen molar-refractivity contribution in [1.82, 2.24) is 9.55 Å². The molecule has 1 aliphatic rings. The number of carbonyl (C=O) groups is 1. The van der Waals surface area contributed by atoms with Gasteiger partial charge in [0.15, 0.2) is 11.8 Å². The zero-order valence-electron chi connectivity index (χ0n) is 10.2. The number of benzene rings is 1. The lowest BCUT2D eigenvalue weighted by Gasteiger charge is -2.19. The molecule has 19 heavy (non-hydrogen) atoms. The number of anilines is 2. The maximum absolute atomic E-state index is 11.3. The van der Waals surface area contributed by atoms with E-state index in [-0.39, 0.29) is 12.5 Å². The number of carbonyl (C=O) groups excluding carboxylic acids is 1. The third-order valence-electron chi connectivity index (χ3n) is 2.72. The van der Waals surface area contributed by atoms with Crippen LogP contribution in [-0.4, -0.2) is 22.1 Å². The molecule has 0 saturated heterocycles. The number of amides is 1. The highest BCUT2D eigenvalue weighted by Gasteiger charge is 2.18. The topological polar surface area (TPSA) is 82.2 Å². The molecular formula is C12H12N4O2S. The summed E-state index contributed by atoms with van der Waals surface area (Å²) in [7, 11) is 1.91. The van der Waals surface area contributed by atoms with Gasteiger partial charge < -0.3 is 20.4 Å². The molecule has 7 heteroatoms. The minimum absolute atomic E-state index is 0.0261. The molecule has 1 aromatic carbocycles. The van der Waals surface area contributed by atoms with Crippen LogP contribution in [0.25, 0.3) is 0 Å². The fourth-order valence-corrected chi connectivity index (χ4v) is 2.63. The van der Waals surface area contributed by atoms with Crippen molar-refractivity contribution in [3.05, 3.63) is 24.5 Å². The lowest BCUT2D eigenvalue weighted by atomic mass is 10.2. The Bertz CT molecular complexity index is 653. The van der Waals surface area contributed by atoms with Crippen molar-refractivity contribution in [3.8, 4) is 5.75 Å². The number of nitrogens with zero attached hydrogens (tertiary/aromatic N) is 2. The van der Waals surface area contributed by atoms with Crippen LogP contribution in [0.2, 0.25) is 0 Å². The number of imidazole rings is 1. The quantitative estimate of drug-likeness (QED) is 0.812. The Morgan fingerprint density at radius 1 is 1.53 bits per heavy atom. The summed E-state index contributed by atoms with van der Waals surface area (Å²) in [6.45, 7) is 0.0261. The highest BCUT2D eigenvalue weighted by molar-refractivity contribution is 7.99. The standard InChI is InChI=1S/C12H12N4O2S/c1-16-3-2-14-12(16)19-10-5-8-9(4-7(10)13)18-6-11(17)15-8/h2-5H,6,13H2,1H3,(H,15,17). The molecule has 1 aliphatic heterocycles. The van der Waals surface area contributed by atoms with Crippen molar-refractivity contribution >= 4 is 29.0 Å². The summed E-state index contributed by atoms with van der Waals surface area (Å²) in [5, 5.41) is 3.59. The van der Waals surface area contributed by atoms with Gasteiger partial charge in [0.2, 0.25) is 0 Å². The Kier molecular flexibility index (Phi) is 2.83. The van der Waals surface area contributed by atoms with Gasteiger partial charge in [-0.2, -0.15) is 0 Å². The second-order valence-corrected chi connectivity index (χ2v) is 5.15. The van der Waals surface area contributed by atoms with Crippen molar-refractivity contribution < 1.29 is 9.53 Å². The number of nitrogens with one attached hydrogen (secondary N) is 1. The maximum atomic E-state index is 11.3. The van der Waals surface area contributed by atoms with Gasteiger partial charge in [0.25, 0.3) is 5.91 Å². The lowest BCUT2D eigenvalue weighted by Crippen LogP contribution is -2.25. The summed E-state index contributed by atoms with van der Waals surface area (Å²) >= 11 is 1.44. The molecule has 1 aromatic heterocycles. The first kappa shape index (κ1) is 11.9. The molecule has 0 atom stereocenters. The molecule has 0 spiro atoms. The summed E-state index contributed by atoms with van der Waals surface area (Å²) in [4.78, 5) is 16.4. The highest BCUT2D eigenvalue weighted by atomic mass is 32.2. The highest BCUT2D eigenvalue weighted by Crippen LogP contribution is 2.39. The van der Waals surface area contributed by atoms with Crippen LogP contribution >= 0.6 is 11.8 Å². The predicted octanol–water partition coefficient (Wildman–Crippen LogP) is 1.48. The van der Waals surface area contributed by atoms with Gasteiger partial charge in [-0.15, -0.1) is 0 Å². The normalized spacial score (nSPS) is 13.6. The van der Waals surface area contributed by atoms with Crippen molar-refractivity contribution in [2.24, 2.45) is 7.05 Å². The number of aryl methyl sites for hydroxylation is 1. The van der Waals surface area contributed by atoms with E-state index in [0.29, 0.717) is 17.1 Å². The van der Waals surface area contributed by atoms with Gasteiger partial charge in [0.05, 0.1) is 5.69 Å². The molecule has 0 fully saturated rings. The second-order valence-electron chi connectivity index (χ2n) is 4.15. The van der Waals surface area contributed by atoms with Crippen LogP contribution in [0, 0.1) is 0 Å². The van der Waals surface area contributed by atoms with Crippen LogP contribution < -0.4 is 15.8 Å². The number of nitrogens with two attached hydrogens (primary N) is 1. The van der Waals surface area contributed by atoms with E-state index in [9.17, 15) is 4.79 Å². The number of nitrogen functional groups attached to an aromatic ring is 1. The molecule has 3 rings (SSSR count). The molecular weight excluding hydrogens is 264 g/mol. The summed E-state index contributed by atoms with van der Waals surface area (Å²) in [6, 6.07) is 3.53. The van der Waals surface area contributed by atoms with Crippen molar-refractivity contribution in [2.75, 3.05) is 17.7 Å². The fraction of sp³-hybridized carbons (Fsp3) is 0.167. The first-order valence-electron chi connectivity index (χ1n) is 5.65. The molecule has 98 valence electrons. The van der Waals surface area contributed by atoms with Crippen LogP contribution in [0.5, 0.6) is 5.75 Å². The number of ether oxygens (including phenoxy) is 1. The Hall–Kier alpha value is -2.15. The molecule has 0 bridgehead atoms. The van der Waals surface area contributed by atoms with Gasteiger partial charge in [0.1, 0.15) is 5.75 Å². The Morgan fingerprint density at radius 3 is 3.11 bits per heavy atom. The van der Waals surface area contributed by atoms with Crippen molar-refractivity contribution in [3.63, 3.8) is 0 Å². The third-order valence-corrected chi connectivity index (χ3v) is 3.87. The number of rotatable bonds is 2. The second kappa shape index (κ2) is 4.51. The Morgan fingerprint density at radius 2 is 2.37 bits per heavy atom. The molecule has 0 aliphatic carbocycles. The van der Waals surface area contributed by atoms with Crippen LogP contribution in [0.1, 0.15) is 0 Å². The van der Waals surface area contributed by atoms with Gasteiger partial charge in [0, 0.05) is 36.1 Å². The van der Waals surface area contributed by atoms with Crippen LogP contribution in [0.15, 0.2) is 34.6 Å². The smallest absolute Gasteiger partial charge is 0.262 e. The van der Waals surface area contributed by atoms with Gasteiger partial charge in [-0.05, 0) is 17.8 Å². The van der Waals surface area contributed by atoms with E-state index in [1.54, 1.807) is 18.3 Å². The van der Waals surface area contributed by atoms with Crippen LogP contribution in [-0.2, 0) is 11.8 Å². The van der Waals surface area contributed by atoms with E-state index >= 15 is 0 Å². The predicted molar refractivity (Wildman–Crippen MR) is 72.3 cm³/mol. The van der Waals surface area contributed by atoms with Crippen LogP contribution in [0.4, 0.5) is 11.4 Å². The van der Waals surface area contributed by atoms with Gasteiger partial charge in [-0.25, -0.2) is 4.98 Å². The molecule has 2 heterocycles. The third kappa shape index (κ3) is 2.24. The van der Waals surface area contributed by atoms with E-state index in [4.69, 9.17) is 10.5 Å². The minimum Gasteiger partial charge on any atom is -0.482 e. The van der Waals surface area contributed by atoms with Crippen LogP contribution in [0.3, 0.4) is 0 Å². The molecule has 0 unspecified atom stereocenters. The zero-order valence-corrected chi connectivity index (χ0v) is 11.0. The molecule has 0 radical (unpaired) electrons. The molecule has 2 aromatic rings. The molecule has 0 saturated carbocycles. The minimum atomic E-state index is -0.162. The number of aromatic nitrogens is 2.